The first-order chi connectivity index (χ1) is 9.02. The van der Waals surface area contributed by atoms with Crippen LogP contribution in [0.1, 0.15) is 10.5 Å². The average molecular weight is 281 g/mol. The van der Waals surface area contributed by atoms with E-state index in [0.717, 1.165) is 10.7 Å². The Morgan fingerprint density at radius 2 is 2.16 bits per heavy atom. The largest absolute Gasteiger partial charge is 0.505 e. The van der Waals surface area contributed by atoms with Crippen LogP contribution >= 0.6 is 11.6 Å². The van der Waals surface area contributed by atoms with Gasteiger partial charge in [-0.25, -0.2) is 5.84 Å². The Bertz CT molecular complexity index is 699. The van der Waals surface area contributed by atoms with E-state index in [1.54, 1.807) is 18.2 Å². The van der Waals surface area contributed by atoms with Crippen molar-refractivity contribution in [3.63, 3.8) is 0 Å². The summed E-state index contributed by atoms with van der Waals surface area (Å²) < 4.78 is 0.941. The van der Waals surface area contributed by atoms with Crippen LogP contribution in [-0.4, -0.2) is 20.8 Å². The van der Waals surface area contributed by atoms with Crippen LogP contribution in [0.5, 0.6) is 5.75 Å². The van der Waals surface area contributed by atoms with E-state index in [9.17, 15) is 14.7 Å². The summed E-state index contributed by atoms with van der Waals surface area (Å²) >= 11 is 5.82. The molecule has 2 rings (SSSR count). The maximum Gasteiger partial charge on any atom is 0.289 e. The van der Waals surface area contributed by atoms with Crippen molar-refractivity contribution in [2.45, 2.75) is 0 Å². The first-order valence-corrected chi connectivity index (χ1v) is 5.51. The average Bonchev–Trinajstić information content (AvgIpc) is 2.38. The number of aromatic hydroxyl groups is 1. The fourth-order valence-electron chi connectivity index (χ4n) is 1.47. The summed E-state index contributed by atoms with van der Waals surface area (Å²) in [6, 6.07) is 7.21. The molecule has 0 fully saturated rings. The monoisotopic (exact) mass is 280 g/mol. The number of nitrogen functional groups attached to an aromatic ring is 1. The second kappa shape index (κ2) is 5.09. The number of hydrogen-bond donors (Lipinski definition) is 3. The molecule has 8 heteroatoms. The third-order valence-corrected chi connectivity index (χ3v) is 2.55. The molecule has 0 unspecified atom stereocenters. The molecule has 0 saturated heterocycles. The summed E-state index contributed by atoms with van der Waals surface area (Å²) in [7, 11) is 0. The number of carbonyl (C=O) groups is 1. The van der Waals surface area contributed by atoms with Gasteiger partial charge in [-0.15, -0.1) is 0 Å². The molecular formula is C11H9ClN4O3. The number of hydrogen-bond acceptors (Lipinski definition) is 5. The van der Waals surface area contributed by atoms with Crippen LogP contribution in [0.15, 0.2) is 35.1 Å². The summed E-state index contributed by atoms with van der Waals surface area (Å²) in [6.07, 6.45) is 0. The second-order valence-corrected chi connectivity index (χ2v) is 4.02. The van der Waals surface area contributed by atoms with Gasteiger partial charge >= 0.3 is 0 Å². The minimum atomic E-state index is -0.812. The molecule has 7 nitrogen and oxygen atoms in total. The van der Waals surface area contributed by atoms with Crippen LogP contribution in [0.2, 0.25) is 5.02 Å². The number of hydrazine groups is 1. The lowest BCUT2D eigenvalue weighted by molar-refractivity contribution is 0.0943. The lowest BCUT2D eigenvalue weighted by Crippen LogP contribution is -2.33. The van der Waals surface area contributed by atoms with E-state index in [0.29, 0.717) is 10.7 Å². The highest BCUT2D eigenvalue weighted by atomic mass is 35.5. The summed E-state index contributed by atoms with van der Waals surface area (Å²) in [5, 5.41) is 13.7. The van der Waals surface area contributed by atoms with E-state index in [-0.39, 0.29) is 5.69 Å². The molecule has 1 aromatic heterocycles. The Kier molecular flexibility index (Phi) is 3.50. The van der Waals surface area contributed by atoms with Crippen LogP contribution in [0, 0.1) is 0 Å². The number of rotatable bonds is 2. The van der Waals surface area contributed by atoms with Crippen molar-refractivity contribution in [1.29, 1.82) is 0 Å². The molecule has 4 N–H and O–H groups in total. The molecule has 1 amide bonds. The zero-order chi connectivity index (χ0) is 14.0. The number of amides is 1. The topological polar surface area (TPSA) is 110 Å². The van der Waals surface area contributed by atoms with E-state index < -0.39 is 17.2 Å². The Morgan fingerprint density at radius 1 is 1.42 bits per heavy atom. The molecule has 0 saturated carbocycles. The number of halogens is 1. The van der Waals surface area contributed by atoms with Crippen molar-refractivity contribution in [2.75, 3.05) is 0 Å². The summed E-state index contributed by atoms with van der Waals surface area (Å²) in [6.45, 7) is 0. The third kappa shape index (κ3) is 2.56. The molecule has 0 aliphatic carbocycles. The van der Waals surface area contributed by atoms with Gasteiger partial charge in [0, 0.05) is 11.1 Å². The highest BCUT2D eigenvalue weighted by Crippen LogP contribution is 2.15. The molecule has 0 radical (unpaired) electrons. The molecule has 1 aromatic carbocycles. The third-order valence-electron chi connectivity index (χ3n) is 2.31. The quantitative estimate of drug-likeness (QED) is 0.413. The van der Waals surface area contributed by atoms with Crippen molar-refractivity contribution in [3.8, 4) is 11.4 Å². The van der Waals surface area contributed by atoms with Gasteiger partial charge in [-0.1, -0.05) is 17.7 Å². The SMILES string of the molecule is NNC(=O)c1nn(-c2cccc(Cl)c2)c(=O)cc1O. The number of nitrogens with two attached hydrogens (primary N) is 1. The van der Waals surface area contributed by atoms with Crippen LogP contribution in [0.3, 0.4) is 0 Å². The van der Waals surface area contributed by atoms with E-state index in [4.69, 9.17) is 17.4 Å². The molecule has 0 aliphatic rings. The fourth-order valence-corrected chi connectivity index (χ4v) is 1.65. The van der Waals surface area contributed by atoms with Crippen molar-refractivity contribution >= 4 is 17.5 Å². The van der Waals surface area contributed by atoms with Gasteiger partial charge in [0.25, 0.3) is 11.5 Å². The van der Waals surface area contributed by atoms with Crippen LogP contribution in [0.25, 0.3) is 5.69 Å². The molecule has 19 heavy (non-hydrogen) atoms. The zero-order valence-electron chi connectivity index (χ0n) is 9.50. The number of nitrogens with one attached hydrogen (secondary N) is 1. The van der Waals surface area contributed by atoms with Gasteiger partial charge < -0.3 is 5.11 Å². The van der Waals surface area contributed by atoms with Crippen LogP contribution < -0.4 is 16.8 Å². The predicted molar refractivity (Wildman–Crippen MR) is 68.2 cm³/mol. The Hall–Kier alpha value is -2.38. The number of carbonyl (C=O) groups excluding carboxylic acids is 1. The maximum atomic E-state index is 11.7. The van der Waals surface area contributed by atoms with E-state index in [1.807, 2.05) is 5.43 Å². The van der Waals surface area contributed by atoms with Gasteiger partial charge in [-0.05, 0) is 18.2 Å². The van der Waals surface area contributed by atoms with Gasteiger partial charge in [-0.3, -0.25) is 15.0 Å². The van der Waals surface area contributed by atoms with Gasteiger partial charge in [0.1, 0.15) is 0 Å². The molecule has 0 spiro atoms. The van der Waals surface area contributed by atoms with Crippen molar-refractivity contribution < 1.29 is 9.90 Å². The summed E-state index contributed by atoms with van der Waals surface area (Å²) in [5.41, 5.74) is 1.23. The summed E-state index contributed by atoms with van der Waals surface area (Å²) in [4.78, 5) is 23.1. The zero-order valence-corrected chi connectivity index (χ0v) is 10.3. The first kappa shape index (κ1) is 13.1. The number of nitrogens with zero attached hydrogens (tertiary/aromatic N) is 2. The smallest absolute Gasteiger partial charge is 0.289 e. The van der Waals surface area contributed by atoms with Crippen LogP contribution in [-0.2, 0) is 0 Å². The Morgan fingerprint density at radius 3 is 2.79 bits per heavy atom. The minimum absolute atomic E-state index is 0.359. The normalized spacial score (nSPS) is 10.2. The lowest BCUT2D eigenvalue weighted by atomic mass is 10.3. The maximum absolute atomic E-state index is 11.7. The minimum Gasteiger partial charge on any atom is -0.505 e. The van der Waals surface area contributed by atoms with E-state index in [2.05, 4.69) is 5.10 Å². The van der Waals surface area contributed by atoms with E-state index in [1.165, 1.54) is 6.07 Å². The first-order valence-electron chi connectivity index (χ1n) is 5.13. The van der Waals surface area contributed by atoms with Crippen molar-refractivity contribution in [1.82, 2.24) is 15.2 Å². The van der Waals surface area contributed by atoms with Gasteiger partial charge in [0.15, 0.2) is 11.4 Å². The molecule has 1 heterocycles. The van der Waals surface area contributed by atoms with Gasteiger partial charge in [0.2, 0.25) is 0 Å². The molecular weight excluding hydrogens is 272 g/mol. The van der Waals surface area contributed by atoms with Gasteiger partial charge in [0.05, 0.1) is 5.69 Å². The molecule has 2 aromatic rings. The Balaban J connectivity index is 2.64. The predicted octanol–water partition coefficient (Wildman–Crippen LogP) is 0.195. The standard InChI is InChI=1S/C11H9ClN4O3/c12-6-2-1-3-7(4-6)16-9(18)5-8(17)10(15-16)11(19)14-13/h1-5,17H,13H2,(H,14,19). The number of benzene rings is 1. The second-order valence-electron chi connectivity index (χ2n) is 3.58. The van der Waals surface area contributed by atoms with Crippen molar-refractivity contribution in [3.05, 3.63) is 51.4 Å². The highest BCUT2D eigenvalue weighted by Gasteiger charge is 2.15. The fraction of sp³-hybridized carbons (Fsp3) is 0. The van der Waals surface area contributed by atoms with Crippen molar-refractivity contribution in [2.24, 2.45) is 5.84 Å². The van der Waals surface area contributed by atoms with Crippen LogP contribution in [0.4, 0.5) is 0 Å². The molecule has 98 valence electrons. The number of aromatic nitrogens is 2. The molecule has 0 bridgehead atoms. The van der Waals surface area contributed by atoms with E-state index >= 15 is 0 Å². The molecule has 0 aliphatic heterocycles. The lowest BCUT2D eigenvalue weighted by Gasteiger charge is -2.08. The summed E-state index contributed by atoms with van der Waals surface area (Å²) in [5.74, 6) is 3.60. The molecule has 0 atom stereocenters. The van der Waals surface area contributed by atoms with Gasteiger partial charge in [-0.2, -0.15) is 9.78 Å². The Labute approximate surface area is 112 Å². The highest BCUT2D eigenvalue weighted by molar-refractivity contribution is 6.30.